The van der Waals surface area contributed by atoms with E-state index >= 15 is 0 Å². The minimum atomic E-state index is -0.391. The second kappa shape index (κ2) is 8.58. The first-order valence-electron chi connectivity index (χ1n) is 8.22. The van der Waals surface area contributed by atoms with Crippen LogP contribution in [0.5, 0.6) is 0 Å². The zero-order valence-electron chi connectivity index (χ0n) is 14.0. The molecule has 2 atom stereocenters. The van der Waals surface area contributed by atoms with Gasteiger partial charge in [-0.05, 0) is 44.0 Å². The molecule has 2 unspecified atom stereocenters. The molecular weight excluding hydrogens is 385 g/mol. The van der Waals surface area contributed by atoms with E-state index in [0.29, 0.717) is 28.6 Å². The summed E-state index contributed by atoms with van der Waals surface area (Å²) in [6.45, 7) is 2.33. The van der Waals surface area contributed by atoms with Crippen LogP contribution in [0.15, 0.2) is 18.2 Å². The van der Waals surface area contributed by atoms with Crippen molar-refractivity contribution in [2.45, 2.75) is 31.3 Å². The summed E-state index contributed by atoms with van der Waals surface area (Å²) in [6.07, 6.45) is 2.49. The molecule has 1 aromatic carbocycles. The van der Waals surface area contributed by atoms with Gasteiger partial charge in [0, 0.05) is 31.7 Å². The lowest BCUT2D eigenvalue weighted by molar-refractivity contribution is -0.135. The highest BCUT2D eigenvalue weighted by atomic mass is 35.5. The fourth-order valence-electron chi connectivity index (χ4n) is 3.45. The molecule has 5 nitrogen and oxygen atoms in total. The van der Waals surface area contributed by atoms with Gasteiger partial charge < -0.3 is 15.1 Å². The van der Waals surface area contributed by atoms with Crippen LogP contribution in [-0.4, -0.2) is 60.4 Å². The number of nitrogens with one attached hydrogen (secondary N) is 1. The maximum Gasteiger partial charge on any atom is 0.254 e. The zero-order valence-corrected chi connectivity index (χ0v) is 16.3. The number of carbonyl (C=O) groups excluding carboxylic acids is 2. The highest BCUT2D eigenvalue weighted by Gasteiger charge is 2.38. The molecule has 0 saturated carbocycles. The van der Waals surface area contributed by atoms with E-state index in [9.17, 15) is 9.59 Å². The summed E-state index contributed by atoms with van der Waals surface area (Å²) < 4.78 is 0. The number of amides is 2. The van der Waals surface area contributed by atoms with Crippen molar-refractivity contribution in [3.8, 4) is 0 Å². The lowest BCUT2D eigenvalue weighted by Gasteiger charge is -2.31. The summed E-state index contributed by atoms with van der Waals surface area (Å²) in [5.41, 5.74) is 0.467. The van der Waals surface area contributed by atoms with Crippen LogP contribution >= 0.6 is 35.6 Å². The molecule has 3 rings (SSSR count). The Morgan fingerprint density at radius 3 is 2.64 bits per heavy atom. The fourth-order valence-corrected chi connectivity index (χ4v) is 3.74. The molecule has 0 aromatic heterocycles. The number of hydrogen-bond donors (Lipinski definition) is 1. The molecule has 1 N–H and O–H groups in total. The van der Waals surface area contributed by atoms with Gasteiger partial charge in [-0.15, -0.1) is 12.4 Å². The Labute approximate surface area is 164 Å². The summed E-state index contributed by atoms with van der Waals surface area (Å²) in [5, 5.41) is 4.03. The molecule has 2 fully saturated rings. The predicted octanol–water partition coefficient (Wildman–Crippen LogP) is 2.84. The van der Waals surface area contributed by atoms with E-state index in [1.165, 1.54) is 0 Å². The topological polar surface area (TPSA) is 52.7 Å². The molecule has 0 spiro atoms. The zero-order chi connectivity index (χ0) is 17.3. The van der Waals surface area contributed by atoms with Crippen LogP contribution in [0.4, 0.5) is 0 Å². The standard InChI is InChI=1S/C17H21Cl2N3O2.ClH/c1-21(12-6-7-20-10-12)17(24)15-3-2-8-22(15)16(23)11-4-5-13(18)14(19)9-11;/h4-5,9,12,15,20H,2-3,6-8,10H2,1H3;1H. The molecule has 0 bridgehead atoms. The smallest absolute Gasteiger partial charge is 0.254 e. The van der Waals surface area contributed by atoms with Gasteiger partial charge in [-0.1, -0.05) is 23.2 Å². The maximum atomic E-state index is 12.9. The lowest BCUT2D eigenvalue weighted by atomic mass is 10.1. The third kappa shape index (κ3) is 4.22. The van der Waals surface area contributed by atoms with E-state index in [4.69, 9.17) is 23.2 Å². The summed E-state index contributed by atoms with van der Waals surface area (Å²) >= 11 is 11.9. The van der Waals surface area contributed by atoms with Crippen LogP contribution in [0.25, 0.3) is 0 Å². The number of nitrogens with zero attached hydrogens (tertiary/aromatic N) is 2. The number of benzene rings is 1. The molecule has 25 heavy (non-hydrogen) atoms. The van der Waals surface area contributed by atoms with Gasteiger partial charge in [0.1, 0.15) is 6.04 Å². The van der Waals surface area contributed by atoms with Crippen LogP contribution in [-0.2, 0) is 4.79 Å². The van der Waals surface area contributed by atoms with Crippen molar-refractivity contribution >= 4 is 47.4 Å². The van der Waals surface area contributed by atoms with Crippen molar-refractivity contribution in [1.29, 1.82) is 0 Å². The van der Waals surface area contributed by atoms with E-state index in [-0.39, 0.29) is 30.3 Å². The molecule has 1 aromatic rings. The first kappa shape index (κ1) is 20.3. The van der Waals surface area contributed by atoms with Crippen molar-refractivity contribution in [2.24, 2.45) is 0 Å². The highest BCUT2D eigenvalue weighted by molar-refractivity contribution is 6.42. The Kier molecular flexibility index (Phi) is 6.97. The van der Waals surface area contributed by atoms with Gasteiger partial charge in [0.05, 0.1) is 10.0 Å². The second-order valence-electron chi connectivity index (χ2n) is 6.38. The number of carbonyl (C=O) groups is 2. The monoisotopic (exact) mass is 405 g/mol. The normalized spacial score (nSPS) is 22.6. The fraction of sp³-hybridized carbons (Fsp3) is 0.529. The molecule has 2 saturated heterocycles. The third-order valence-electron chi connectivity index (χ3n) is 4.89. The van der Waals surface area contributed by atoms with Crippen molar-refractivity contribution in [3.05, 3.63) is 33.8 Å². The Morgan fingerprint density at radius 1 is 1.24 bits per heavy atom. The molecule has 0 radical (unpaired) electrons. The average Bonchev–Trinajstić information content (AvgIpc) is 3.26. The van der Waals surface area contributed by atoms with Crippen LogP contribution in [0.1, 0.15) is 29.6 Å². The van der Waals surface area contributed by atoms with Crippen molar-refractivity contribution in [2.75, 3.05) is 26.7 Å². The van der Waals surface area contributed by atoms with Crippen LogP contribution in [0, 0.1) is 0 Å². The maximum absolute atomic E-state index is 12.9. The number of halogens is 3. The first-order valence-corrected chi connectivity index (χ1v) is 8.98. The molecule has 2 heterocycles. The van der Waals surface area contributed by atoms with E-state index in [1.54, 1.807) is 28.0 Å². The van der Waals surface area contributed by atoms with Crippen molar-refractivity contribution < 1.29 is 9.59 Å². The van der Waals surface area contributed by atoms with Gasteiger partial charge in [-0.2, -0.15) is 0 Å². The largest absolute Gasteiger partial charge is 0.340 e. The molecule has 2 aliphatic rings. The summed E-state index contributed by atoms with van der Waals surface area (Å²) in [4.78, 5) is 29.1. The van der Waals surface area contributed by atoms with Crippen molar-refractivity contribution in [1.82, 2.24) is 15.1 Å². The Balaban J connectivity index is 0.00000225. The predicted molar refractivity (Wildman–Crippen MR) is 102 cm³/mol. The molecule has 2 amide bonds. The van der Waals surface area contributed by atoms with E-state index < -0.39 is 6.04 Å². The minimum absolute atomic E-state index is 0. The van der Waals surface area contributed by atoms with Crippen LogP contribution < -0.4 is 5.32 Å². The SMILES string of the molecule is CN(C(=O)C1CCCN1C(=O)c1ccc(Cl)c(Cl)c1)C1CCNC1.Cl. The van der Waals surface area contributed by atoms with Crippen molar-refractivity contribution in [3.63, 3.8) is 0 Å². The van der Waals surface area contributed by atoms with Gasteiger partial charge in [0.25, 0.3) is 5.91 Å². The molecule has 138 valence electrons. The molecule has 0 aliphatic carbocycles. The number of rotatable bonds is 3. The van der Waals surface area contributed by atoms with Crippen LogP contribution in [0.3, 0.4) is 0 Å². The lowest BCUT2D eigenvalue weighted by Crippen LogP contribution is -2.50. The first-order chi connectivity index (χ1) is 11.5. The Bertz CT molecular complexity index is 650. The van der Waals surface area contributed by atoms with Gasteiger partial charge in [-0.3, -0.25) is 9.59 Å². The second-order valence-corrected chi connectivity index (χ2v) is 7.20. The Morgan fingerprint density at radius 2 is 2.00 bits per heavy atom. The summed E-state index contributed by atoms with van der Waals surface area (Å²) in [5.74, 6) is -0.142. The van der Waals surface area contributed by atoms with Gasteiger partial charge in [0.2, 0.25) is 5.91 Å². The van der Waals surface area contributed by atoms with Crippen LogP contribution in [0.2, 0.25) is 10.0 Å². The number of likely N-dealkylation sites (N-methyl/N-ethyl adjacent to an activating group) is 1. The number of hydrogen-bond acceptors (Lipinski definition) is 3. The third-order valence-corrected chi connectivity index (χ3v) is 5.63. The number of likely N-dealkylation sites (tertiary alicyclic amines) is 1. The van der Waals surface area contributed by atoms with E-state index in [1.807, 2.05) is 7.05 Å². The van der Waals surface area contributed by atoms with E-state index in [0.717, 1.165) is 25.9 Å². The van der Waals surface area contributed by atoms with Gasteiger partial charge in [0.15, 0.2) is 0 Å². The molecule has 2 aliphatic heterocycles. The summed E-state index contributed by atoms with van der Waals surface area (Å²) in [7, 11) is 1.83. The highest BCUT2D eigenvalue weighted by Crippen LogP contribution is 2.27. The summed E-state index contributed by atoms with van der Waals surface area (Å²) in [6, 6.07) is 4.65. The minimum Gasteiger partial charge on any atom is -0.340 e. The quantitative estimate of drug-likeness (QED) is 0.840. The molecule has 8 heteroatoms. The average molecular weight is 407 g/mol. The van der Waals surface area contributed by atoms with E-state index in [2.05, 4.69) is 5.32 Å². The Hall–Kier alpha value is -1.01. The van der Waals surface area contributed by atoms with Gasteiger partial charge in [-0.25, -0.2) is 0 Å². The van der Waals surface area contributed by atoms with Gasteiger partial charge >= 0.3 is 0 Å². The molecular formula is C17H22Cl3N3O2.